The van der Waals surface area contributed by atoms with Crippen LogP contribution in [0, 0.1) is 5.92 Å². The van der Waals surface area contributed by atoms with Crippen molar-refractivity contribution in [2.24, 2.45) is 11.7 Å². The molecular formula is C18H28N2O. The molecule has 1 aromatic rings. The van der Waals surface area contributed by atoms with E-state index in [2.05, 4.69) is 29.6 Å². The highest BCUT2D eigenvalue weighted by Gasteiger charge is 2.38. The first-order chi connectivity index (χ1) is 10.3. The number of aliphatic hydroxyl groups excluding tert-OH is 1. The first-order valence-corrected chi connectivity index (χ1v) is 8.46. The highest BCUT2D eigenvalue weighted by atomic mass is 16.3. The van der Waals surface area contributed by atoms with E-state index in [-0.39, 0.29) is 5.54 Å². The fourth-order valence-corrected chi connectivity index (χ4v) is 4.31. The van der Waals surface area contributed by atoms with E-state index < -0.39 is 0 Å². The minimum Gasteiger partial charge on any atom is -0.396 e. The maximum Gasteiger partial charge on any atom is 0.0563 e. The summed E-state index contributed by atoms with van der Waals surface area (Å²) < 4.78 is 0. The second kappa shape index (κ2) is 6.47. The fourth-order valence-electron chi connectivity index (χ4n) is 4.31. The summed E-state index contributed by atoms with van der Waals surface area (Å²) in [6.45, 7) is 0.929. The number of hydrogen-bond acceptors (Lipinski definition) is 3. The SMILES string of the molecule is NCC1(NC2CCCCC2CO)CCCc2ccccc21. The average molecular weight is 288 g/mol. The quantitative estimate of drug-likeness (QED) is 0.797. The molecule has 0 aliphatic heterocycles. The van der Waals surface area contributed by atoms with Crippen LogP contribution in [0.1, 0.15) is 49.7 Å². The van der Waals surface area contributed by atoms with Gasteiger partial charge in [-0.05, 0) is 49.1 Å². The van der Waals surface area contributed by atoms with Gasteiger partial charge in [0.05, 0.1) is 5.54 Å². The van der Waals surface area contributed by atoms with Crippen LogP contribution < -0.4 is 11.1 Å². The third kappa shape index (κ3) is 2.87. The van der Waals surface area contributed by atoms with Crippen molar-refractivity contribution in [2.45, 2.75) is 56.5 Å². The van der Waals surface area contributed by atoms with Gasteiger partial charge >= 0.3 is 0 Å². The zero-order valence-corrected chi connectivity index (χ0v) is 12.9. The molecule has 3 heteroatoms. The maximum atomic E-state index is 9.67. The van der Waals surface area contributed by atoms with Crippen molar-refractivity contribution in [1.82, 2.24) is 5.32 Å². The van der Waals surface area contributed by atoms with E-state index >= 15 is 0 Å². The molecule has 1 aromatic carbocycles. The van der Waals surface area contributed by atoms with E-state index in [4.69, 9.17) is 5.73 Å². The van der Waals surface area contributed by atoms with E-state index in [1.54, 1.807) is 0 Å². The molecule has 0 saturated heterocycles. The van der Waals surface area contributed by atoms with E-state index in [9.17, 15) is 5.11 Å². The predicted molar refractivity (Wildman–Crippen MR) is 86.1 cm³/mol. The smallest absolute Gasteiger partial charge is 0.0563 e. The van der Waals surface area contributed by atoms with Crippen LogP contribution >= 0.6 is 0 Å². The van der Waals surface area contributed by atoms with E-state index in [0.29, 0.717) is 25.1 Å². The molecule has 3 unspecified atom stereocenters. The second-order valence-corrected chi connectivity index (χ2v) is 6.77. The van der Waals surface area contributed by atoms with Crippen molar-refractivity contribution in [3.05, 3.63) is 35.4 Å². The van der Waals surface area contributed by atoms with Gasteiger partial charge < -0.3 is 16.2 Å². The van der Waals surface area contributed by atoms with Gasteiger partial charge in [0.25, 0.3) is 0 Å². The van der Waals surface area contributed by atoms with Gasteiger partial charge in [0, 0.05) is 19.2 Å². The highest BCUT2D eigenvalue weighted by Crippen LogP contribution is 2.37. The molecular weight excluding hydrogens is 260 g/mol. The molecule has 0 bridgehead atoms. The summed E-state index contributed by atoms with van der Waals surface area (Å²) in [5.74, 6) is 0.385. The summed E-state index contributed by atoms with van der Waals surface area (Å²) in [5.41, 5.74) is 8.97. The molecule has 3 rings (SSSR count). The Kier molecular flexibility index (Phi) is 4.63. The van der Waals surface area contributed by atoms with Gasteiger partial charge in [-0.2, -0.15) is 0 Å². The lowest BCUT2D eigenvalue weighted by atomic mass is 9.74. The van der Waals surface area contributed by atoms with Gasteiger partial charge in [-0.1, -0.05) is 37.1 Å². The van der Waals surface area contributed by atoms with E-state index in [1.165, 1.54) is 30.4 Å². The first-order valence-electron chi connectivity index (χ1n) is 8.46. The maximum absolute atomic E-state index is 9.67. The van der Waals surface area contributed by atoms with Crippen LogP contribution in [0.15, 0.2) is 24.3 Å². The standard InChI is InChI=1S/C18H28N2O/c19-13-18(20-17-10-4-2-7-15(17)12-21)11-5-8-14-6-1-3-9-16(14)18/h1,3,6,9,15,17,20-21H,2,4-5,7-8,10-13,19H2. The Morgan fingerprint density at radius 3 is 2.81 bits per heavy atom. The van der Waals surface area contributed by atoms with Crippen LogP contribution in [0.4, 0.5) is 0 Å². The Hall–Kier alpha value is -0.900. The number of benzene rings is 1. The van der Waals surface area contributed by atoms with Crippen molar-refractivity contribution in [2.75, 3.05) is 13.2 Å². The van der Waals surface area contributed by atoms with Crippen molar-refractivity contribution in [3.8, 4) is 0 Å². The summed E-state index contributed by atoms with van der Waals surface area (Å²) in [7, 11) is 0. The third-order valence-electron chi connectivity index (χ3n) is 5.54. The summed E-state index contributed by atoms with van der Waals surface area (Å²) in [5, 5.41) is 13.6. The van der Waals surface area contributed by atoms with Gasteiger partial charge in [0.15, 0.2) is 0 Å². The number of fused-ring (bicyclic) bond motifs is 1. The van der Waals surface area contributed by atoms with Crippen LogP contribution in [0.2, 0.25) is 0 Å². The highest BCUT2D eigenvalue weighted by molar-refractivity contribution is 5.36. The Morgan fingerprint density at radius 1 is 1.19 bits per heavy atom. The lowest BCUT2D eigenvalue weighted by Crippen LogP contribution is -2.57. The Labute approximate surface area is 127 Å². The van der Waals surface area contributed by atoms with Gasteiger partial charge in [-0.25, -0.2) is 0 Å². The summed E-state index contributed by atoms with van der Waals surface area (Å²) in [4.78, 5) is 0. The number of nitrogens with one attached hydrogen (secondary N) is 1. The molecule has 1 fully saturated rings. The topological polar surface area (TPSA) is 58.3 Å². The monoisotopic (exact) mass is 288 g/mol. The number of nitrogens with two attached hydrogens (primary N) is 1. The number of aryl methyl sites for hydroxylation is 1. The van der Waals surface area contributed by atoms with Crippen molar-refractivity contribution < 1.29 is 5.11 Å². The number of aliphatic hydroxyl groups is 1. The van der Waals surface area contributed by atoms with Gasteiger partial charge in [0.1, 0.15) is 0 Å². The molecule has 2 aliphatic rings. The zero-order valence-electron chi connectivity index (χ0n) is 12.9. The summed E-state index contributed by atoms with van der Waals surface area (Å²) in [6, 6.07) is 9.14. The summed E-state index contributed by atoms with van der Waals surface area (Å²) >= 11 is 0. The second-order valence-electron chi connectivity index (χ2n) is 6.77. The molecule has 2 aliphatic carbocycles. The molecule has 1 saturated carbocycles. The summed E-state index contributed by atoms with van der Waals surface area (Å²) in [6.07, 6.45) is 8.26. The van der Waals surface area contributed by atoms with E-state index in [1.807, 2.05) is 0 Å². The third-order valence-corrected chi connectivity index (χ3v) is 5.54. The molecule has 0 spiro atoms. The largest absolute Gasteiger partial charge is 0.396 e. The Morgan fingerprint density at radius 2 is 2.00 bits per heavy atom. The van der Waals surface area contributed by atoms with Crippen molar-refractivity contribution in [3.63, 3.8) is 0 Å². The Bertz CT molecular complexity index is 476. The lowest BCUT2D eigenvalue weighted by Gasteiger charge is -2.45. The molecule has 0 amide bonds. The van der Waals surface area contributed by atoms with Gasteiger partial charge in [-0.3, -0.25) is 0 Å². The van der Waals surface area contributed by atoms with Crippen LogP contribution in [-0.4, -0.2) is 24.3 Å². The average Bonchev–Trinajstić information content (AvgIpc) is 2.55. The molecule has 3 nitrogen and oxygen atoms in total. The van der Waals surface area contributed by atoms with Crippen LogP contribution in [-0.2, 0) is 12.0 Å². The predicted octanol–water partition coefficient (Wildman–Crippen LogP) is 2.32. The van der Waals surface area contributed by atoms with Crippen LogP contribution in [0.3, 0.4) is 0 Å². The molecule has 21 heavy (non-hydrogen) atoms. The lowest BCUT2D eigenvalue weighted by molar-refractivity contribution is 0.121. The van der Waals surface area contributed by atoms with Crippen LogP contribution in [0.25, 0.3) is 0 Å². The molecule has 4 N–H and O–H groups in total. The molecule has 0 aromatic heterocycles. The first kappa shape index (κ1) is 15.0. The van der Waals surface area contributed by atoms with Crippen molar-refractivity contribution >= 4 is 0 Å². The molecule has 0 radical (unpaired) electrons. The minimum atomic E-state index is -0.0930. The molecule has 3 atom stereocenters. The zero-order chi connectivity index (χ0) is 14.7. The van der Waals surface area contributed by atoms with Gasteiger partial charge in [-0.15, -0.1) is 0 Å². The fraction of sp³-hybridized carbons (Fsp3) is 0.667. The number of hydrogen-bond donors (Lipinski definition) is 3. The van der Waals surface area contributed by atoms with E-state index in [0.717, 1.165) is 25.7 Å². The minimum absolute atomic E-state index is 0.0930. The van der Waals surface area contributed by atoms with Crippen LogP contribution in [0.5, 0.6) is 0 Å². The molecule has 0 heterocycles. The van der Waals surface area contributed by atoms with Gasteiger partial charge in [0.2, 0.25) is 0 Å². The Balaban J connectivity index is 1.87. The van der Waals surface area contributed by atoms with Crippen molar-refractivity contribution in [1.29, 1.82) is 0 Å². The number of rotatable bonds is 4. The normalized spacial score (nSPS) is 32.7. The molecule has 116 valence electrons.